The molecule has 0 aliphatic rings. The molecule has 0 saturated carbocycles. The predicted molar refractivity (Wildman–Crippen MR) is 104 cm³/mol. The van der Waals surface area contributed by atoms with E-state index in [1.165, 1.54) is 0 Å². The standard InChI is InChI=1S/C20H25N3O3/c1-4-14(2)22-20(25)15-5-7-17(8-6-15)23-19(24)13-21-16-9-11-18(26-3)12-10-16/h5-12,14,21H,4,13H2,1-3H3,(H,22,25)(H,23,24). The molecule has 0 heterocycles. The quantitative estimate of drug-likeness (QED) is 0.679. The zero-order valence-electron chi connectivity index (χ0n) is 15.3. The third-order valence-electron chi connectivity index (χ3n) is 3.96. The summed E-state index contributed by atoms with van der Waals surface area (Å²) < 4.78 is 5.09. The summed E-state index contributed by atoms with van der Waals surface area (Å²) in [5.41, 5.74) is 2.05. The molecule has 3 N–H and O–H groups in total. The Morgan fingerprint density at radius 3 is 2.19 bits per heavy atom. The summed E-state index contributed by atoms with van der Waals surface area (Å²) in [5.74, 6) is 0.480. The van der Waals surface area contributed by atoms with Crippen LogP contribution < -0.4 is 20.7 Å². The highest BCUT2D eigenvalue weighted by Gasteiger charge is 2.09. The van der Waals surface area contributed by atoms with Gasteiger partial charge in [-0.3, -0.25) is 9.59 Å². The third-order valence-corrected chi connectivity index (χ3v) is 3.96. The maximum absolute atomic E-state index is 12.0. The van der Waals surface area contributed by atoms with Gasteiger partial charge in [0.2, 0.25) is 5.91 Å². The van der Waals surface area contributed by atoms with Gasteiger partial charge in [0.1, 0.15) is 5.75 Å². The van der Waals surface area contributed by atoms with E-state index in [0.717, 1.165) is 17.9 Å². The van der Waals surface area contributed by atoms with Crippen LogP contribution in [0, 0.1) is 0 Å². The first-order valence-electron chi connectivity index (χ1n) is 8.60. The van der Waals surface area contributed by atoms with Crippen molar-refractivity contribution in [1.82, 2.24) is 5.32 Å². The molecule has 2 aromatic carbocycles. The molecule has 26 heavy (non-hydrogen) atoms. The Morgan fingerprint density at radius 1 is 1.00 bits per heavy atom. The number of nitrogens with one attached hydrogen (secondary N) is 3. The van der Waals surface area contributed by atoms with Gasteiger partial charge in [-0.25, -0.2) is 0 Å². The lowest BCUT2D eigenvalue weighted by atomic mass is 10.1. The van der Waals surface area contributed by atoms with Crippen LogP contribution in [0.1, 0.15) is 30.6 Å². The Labute approximate surface area is 153 Å². The van der Waals surface area contributed by atoms with Gasteiger partial charge < -0.3 is 20.7 Å². The van der Waals surface area contributed by atoms with Gasteiger partial charge in [-0.15, -0.1) is 0 Å². The molecule has 0 bridgehead atoms. The second kappa shape index (κ2) is 9.46. The average molecular weight is 355 g/mol. The number of rotatable bonds is 8. The lowest BCUT2D eigenvalue weighted by Crippen LogP contribution is -2.31. The summed E-state index contributed by atoms with van der Waals surface area (Å²) in [7, 11) is 1.61. The van der Waals surface area contributed by atoms with Gasteiger partial charge in [0.05, 0.1) is 13.7 Å². The Morgan fingerprint density at radius 2 is 1.62 bits per heavy atom. The van der Waals surface area contributed by atoms with Crippen molar-refractivity contribution in [1.29, 1.82) is 0 Å². The van der Waals surface area contributed by atoms with E-state index in [0.29, 0.717) is 11.3 Å². The van der Waals surface area contributed by atoms with E-state index in [2.05, 4.69) is 16.0 Å². The Hall–Kier alpha value is -3.02. The second-order valence-electron chi connectivity index (χ2n) is 5.99. The summed E-state index contributed by atoms with van der Waals surface area (Å²) in [6.45, 7) is 4.12. The minimum Gasteiger partial charge on any atom is -0.497 e. The number of ether oxygens (including phenoxy) is 1. The number of methoxy groups -OCH3 is 1. The average Bonchev–Trinajstić information content (AvgIpc) is 2.67. The van der Waals surface area contributed by atoms with Crippen molar-refractivity contribution in [3.63, 3.8) is 0 Å². The van der Waals surface area contributed by atoms with Crippen LogP contribution in [0.2, 0.25) is 0 Å². The van der Waals surface area contributed by atoms with E-state index in [1.807, 2.05) is 38.1 Å². The Balaban J connectivity index is 1.83. The van der Waals surface area contributed by atoms with Crippen LogP contribution in [0.15, 0.2) is 48.5 Å². The highest BCUT2D eigenvalue weighted by atomic mass is 16.5. The fourth-order valence-corrected chi connectivity index (χ4v) is 2.21. The number of carbonyl (C=O) groups is 2. The highest BCUT2D eigenvalue weighted by Crippen LogP contribution is 2.15. The summed E-state index contributed by atoms with van der Waals surface area (Å²) in [4.78, 5) is 24.1. The van der Waals surface area contributed by atoms with Crippen molar-refractivity contribution < 1.29 is 14.3 Å². The minimum atomic E-state index is -0.169. The molecule has 0 saturated heterocycles. The summed E-state index contributed by atoms with van der Waals surface area (Å²) in [5, 5.41) is 8.74. The number of benzene rings is 2. The second-order valence-corrected chi connectivity index (χ2v) is 5.99. The Kier molecular flexibility index (Phi) is 7.02. The third kappa shape index (κ3) is 5.81. The van der Waals surface area contributed by atoms with Gasteiger partial charge in [-0.2, -0.15) is 0 Å². The number of anilines is 2. The first-order valence-corrected chi connectivity index (χ1v) is 8.60. The molecule has 1 unspecified atom stereocenters. The summed E-state index contributed by atoms with van der Waals surface area (Å²) in [6, 6.07) is 14.3. The molecule has 2 rings (SSSR count). The van der Waals surface area contributed by atoms with Gasteiger partial charge in [0.25, 0.3) is 5.91 Å². The van der Waals surface area contributed by atoms with Crippen molar-refractivity contribution in [3.8, 4) is 5.75 Å². The molecule has 2 aromatic rings. The lowest BCUT2D eigenvalue weighted by molar-refractivity contribution is -0.114. The molecule has 0 spiro atoms. The van der Waals surface area contributed by atoms with E-state index < -0.39 is 0 Å². The van der Waals surface area contributed by atoms with E-state index >= 15 is 0 Å². The van der Waals surface area contributed by atoms with Crippen LogP contribution in [0.4, 0.5) is 11.4 Å². The Bertz CT molecular complexity index is 727. The van der Waals surface area contributed by atoms with Crippen LogP contribution in [-0.4, -0.2) is 31.5 Å². The fourth-order valence-electron chi connectivity index (χ4n) is 2.21. The van der Waals surface area contributed by atoms with Crippen molar-refractivity contribution in [2.24, 2.45) is 0 Å². The molecule has 0 aliphatic heterocycles. The van der Waals surface area contributed by atoms with Crippen molar-refractivity contribution in [3.05, 3.63) is 54.1 Å². The molecule has 1 atom stereocenters. The van der Waals surface area contributed by atoms with Gasteiger partial charge >= 0.3 is 0 Å². The van der Waals surface area contributed by atoms with E-state index in [1.54, 1.807) is 31.4 Å². The molecule has 138 valence electrons. The summed E-state index contributed by atoms with van der Waals surface area (Å²) >= 11 is 0. The number of carbonyl (C=O) groups excluding carboxylic acids is 2. The van der Waals surface area contributed by atoms with Crippen LogP contribution in [0.25, 0.3) is 0 Å². The van der Waals surface area contributed by atoms with E-state index in [4.69, 9.17) is 4.74 Å². The fraction of sp³-hybridized carbons (Fsp3) is 0.300. The van der Waals surface area contributed by atoms with Crippen LogP contribution >= 0.6 is 0 Å². The molecular formula is C20H25N3O3. The van der Waals surface area contributed by atoms with Crippen LogP contribution in [0.3, 0.4) is 0 Å². The normalized spacial score (nSPS) is 11.3. The molecule has 0 radical (unpaired) electrons. The SMILES string of the molecule is CCC(C)NC(=O)c1ccc(NC(=O)CNc2ccc(OC)cc2)cc1. The van der Waals surface area contributed by atoms with Crippen LogP contribution in [0.5, 0.6) is 5.75 Å². The largest absolute Gasteiger partial charge is 0.497 e. The molecule has 0 fully saturated rings. The van der Waals surface area contributed by atoms with Crippen LogP contribution in [-0.2, 0) is 4.79 Å². The van der Waals surface area contributed by atoms with Gasteiger partial charge in [-0.05, 0) is 61.9 Å². The molecule has 2 amide bonds. The maximum Gasteiger partial charge on any atom is 0.251 e. The number of amides is 2. The minimum absolute atomic E-state index is 0.113. The molecule has 6 nitrogen and oxygen atoms in total. The molecule has 0 aliphatic carbocycles. The maximum atomic E-state index is 12.0. The zero-order valence-corrected chi connectivity index (χ0v) is 15.3. The van der Waals surface area contributed by atoms with Gasteiger partial charge in [0.15, 0.2) is 0 Å². The monoisotopic (exact) mass is 355 g/mol. The van der Waals surface area contributed by atoms with Gasteiger partial charge in [-0.1, -0.05) is 6.92 Å². The van der Waals surface area contributed by atoms with Gasteiger partial charge in [0, 0.05) is 23.0 Å². The van der Waals surface area contributed by atoms with E-state index in [-0.39, 0.29) is 24.4 Å². The predicted octanol–water partition coefficient (Wildman–Crippen LogP) is 3.27. The highest BCUT2D eigenvalue weighted by molar-refractivity contribution is 5.96. The van der Waals surface area contributed by atoms with Crippen molar-refractivity contribution in [2.45, 2.75) is 26.3 Å². The first-order chi connectivity index (χ1) is 12.5. The smallest absolute Gasteiger partial charge is 0.251 e. The lowest BCUT2D eigenvalue weighted by Gasteiger charge is -2.12. The number of hydrogen-bond donors (Lipinski definition) is 3. The zero-order chi connectivity index (χ0) is 18.9. The molecule has 6 heteroatoms. The van der Waals surface area contributed by atoms with Crippen molar-refractivity contribution >= 4 is 23.2 Å². The molecular weight excluding hydrogens is 330 g/mol. The topological polar surface area (TPSA) is 79.5 Å². The summed E-state index contributed by atoms with van der Waals surface area (Å²) in [6.07, 6.45) is 0.876. The van der Waals surface area contributed by atoms with E-state index in [9.17, 15) is 9.59 Å². The number of hydrogen-bond acceptors (Lipinski definition) is 4. The van der Waals surface area contributed by atoms with Crippen molar-refractivity contribution in [2.75, 3.05) is 24.3 Å². The molecule has 0 aromatic heterocycles. The first kappa shape index (κ1) is 19.3.